The summed E-state index contributed by atoms with van der Waals surface area (Å²) in [7, 11) is 1.68. The van der Waals surface area contributed by atoms with E-state index in [0.717, 1.165) is 30.1 Å². The van der Waals surface area contributed by atoms with Crippen LogP contribution in [0.3, 0.4) is 0 Å². The van der Waals surface area contributed by atoms with Gasteiger partial charge in [0.15, 0.2) is 0 Å². The minimum absolute atomic E-state index is 0.116. The fourth-order valence-electron chi connectivity index (χ4n) is 3.95. The largest absolute Gasteiger partial charge is 0.495 e. The fourth-order valence-corrected chi connectivity index (χ4v) is 3.95. The lowest BCUT2D eigenvalue weighted by atomic mass is 10.0. The van der Waals surface area contributed by atoms with Crippen LogP contribution in [0.15, 0.2) is 53.1 Å². The molecule has 0 bridgehead atoms. The number of hydrogen-bond acceptors (Lipinski definition) is 6. The fraction of sp³-hybridized carbons (Fsp3) is 0.400. The number of nitrogens with zero attached hydrogens (tertiary/aromatic N) is 4. The Balaban J connectivity index is 1.28. The summed E-state index contributed by atoms with van der Waals surface area (Å²) >= 11 is 0. The van der Waals surface area contributed by atoms with Crippen LogP contribution in [0, 0.1) is 0 Å². The van der Waals surface area contributed by atoms with E-state index in [-0.39, 0.29) is 5.91 Å². The predicted molar refractivity (Wildman–Crippen MR) is 124 cm³/mol. The molecule has 2 aromatic carbocycles. The van der Waals surface area contributed by atoms with Gasteiger partial charge in [-0.2, -0.15) is 4.98 Å². The molecule has 32 heavy (non-hydrogen) atoms. The molecule has 3 aromatic rings. The first kappa shape index (κ1) is 21.9. The Morgan fingerprint density at radius 1 is 1.06 bits per heavy atom. The zero-order chi connectivity index (χ0) is 22.5. The minimum atomic E-state index is 0.116. The summed E-state index contributed by atoms with van der Waals surface area (Å²) < 4.78 is 10.8. The Morgan fingerprint density at radius 2 is 1.78 bits per heavy atom. The standard InChI is InChI=1S/C25H30N4O3/c1-18(2)19-8-10-20(11-9-19)25-26-23(32-27-25)12-13-24(30)29-16-14-28(15-17-29)21-6-4-5-7-22(21)31-3/h4-11,18H,12-17H2,1-3H3. The summed E-state index contributed by atoms with van der Waals surface area (Å²) in [6.45, 7) is 7.27. The Hall–Kier alpha value is -3.35. The van der Waals surface area contributed by atoms with Crippen molar-refractivity contribution in [2.45, 2.75) is 32.6 Å². The van der Waals surface area contributed by atoms with Crippen molar-refractivity contribution < 1.29 is 14.1 Å². The number of ether oxygens (including phenoxy) is 1. The maximum atomic E-state index is 12.7. The Kier molecular flexibility index (Phi) is 6.73. The van der Waals surface area contributed by atoms with E-state index in [1.807, 2.05) is 35.2 Å². The molecule has 0 spiro atoms. The Labute approximate surface area is 189 Å². The van der Waals surface area contributed by atoms with Gasteiger partial charge in [-0.1, -0.05) is 55.4 Å². The second-order valence-electron chi connectivity index (χ2n) is 8.33. The number of aryl methyl sites for hydroxylation is 1. The van der Waals surface area contributed by atoms with Gasteiger partial charge in [-0.05, 0) is 23.6 Å². The van der Waals surface area contributed by atoms with Crippen LogP contribution in [-0.4, -0.2) is 54.2 Å². The first-order chi connectivity index (χ1) is 15.5. The molecule has 1 aliphatic rings. The van der Waals surface area contributed by atoms with Crippen molar-refractivity contribution in [1.82, 2.24) is 15.0 Å². The van der Waals surface area contributed by atoms with Gasteiger partial charge in [-0.3, -0.25) is 4.79 Å². The van der Waals surface area contributed by atoms with Crippen molar-refractivity contribution in [3.05, 3.63) is 60.0 Å². The highest BCUT2D eigenvalue weighted by Gasteiger charge is 2.23. The van der Waals surface area contributed by atoms with Gasteiger partial charge in [-0.25, -0.2) is 0 Å². The van der Waals surface area contributed by atoms with Gasteiger partial charge in [0.2, 0.25) is 17.6 Å². The molecule has 0 radical (unpaired) electrons. The van der Waals surface area contributed by atoms with Crippen LogP contribution in [-0.2, 0) is 11.2 Å². The van der Waals surface area contributed by atoms with E-state index >= 15 is 0 Å². The van der Waals surface area contributed by atoms with Crippen LogP contribution >= 0.6 is 0 Å². The predicted octanol–water partition coefficient (Wildman–Crippen LogP) is 4.15. The van der Waals surface area contributed by atoms with E-state index in [0.29, 0.717) is 43.6 Å². The number of anilines is 1. The monoisotopic (exact) mass is 434 g/mol. The number of aromatic nitrogens is 2. The summed E-state index contributed by atoms with van der Waals surface area (Å²) in [4.78, 5) is 21.4. The molecule has 7 heteroatoms. The number of hydrogen-bond donors (Lipinski definition) is 0. The highest BCUT2D eigenvalue weighted by atomic mass is 16.5. The number of methoxy groups -OCH3 is 1. The highest BCUT2D eigenvalue weighted by Crippen LogP contribution is 2.28. The third-order valence-electron chi connectivity index (χ3n) is 5.91. The zero-order valence-electron chi connectivity index (χ0n) is 19.0. The number of carbonyl (C=O) groups is 1. The molecule has 7 nitrogen and oxygen atoms in total. The molecule has 0 atom stereocenters. The van der Waals surface area contributed by atoms with Crippen LogP contribution in [0.2, 0.25) is 0 Å². The maximum absolute atomic E-state index is 12.7. The number of benzene rings is 2. The number of rotatable bonds is 7. The van der Waals surface area contributed by atoms with E-state index in [2.05, 4.69) is 47.1 Å². The van der Waals surface area contributed by atoms with Crippen LogP contribution in [0.25, 0.3) is 11.4 Å². The van der Waals surface area contributed by atoms with Gasteiger partial charge in [0, 0.05) is 44.6 Å². The van der Waals surface area contributed by atoms with Crippen LogP contribution in [0.5, 0.6) is 5.75 Å². The summed E-state index contributed by atoms with van der Waals surface area (Å²) in [5, 5.41) is 4.08. The molecule has 0 aliphatic carbocycles. The molecular weight excluding hydrogens is 404 g/mol. The molecule has 168 valence electrons. The second kappa shape index (κ2) is 9.85. The quantitative estimate of drug-likeness (QED) is 0.556. The Morgan fingerprint density at radius 3 is 2.47 bits per heavy atom. The van der Waals surface area contributed by atoms with Crippen molar-refractivity contribution in [2.75, 3.05) is 38.2 Å². The van der Waals surface area contributed by atoms with Gasteiger partial charge in [0.1, 0.15) is 5.75 Å². The van der Waals surface area contributed by atoms with Gasteiger partial charge in [0.05, 0.1) is 12.8 Å². The number of piperazine rings is 1. The minimum Gasteiger partial charge on any atom is -0.495 e. The lowest BCUT2D eigenvalue weighted by molar-refractivity contribution is -0.131. The van der Waals surface area contributed by atoms with Crippen LogP contribution < -0.4 is 9.64 Å². The average molecular weight is 435 g/mol. The topological polar surface area (TPSA) is 71.7 Å². The molecular formula is C25H30N4O3. The summed E-state index contributed by atoms with van der Waals surface area (Å²) in [5.41, 5.74) is 3.26. The van der Waals surface area contributed by atoms with Crippen LogP contribution in [0.4, 0.5) is 5.69 Å². The van der Waals surface area contributed by atoms with Crippen molar-refractivity contribution in [3.63, 3.8) is 0 Å². The molecule has 2 heterocycles. The molecule has 1 aliphatic heterocycles. The van der Waals surface area contributed by atoms with E-state index in [1.165, 1.54) is 5.56 Å². The zero-order valence-corrected chi connectivity index (χ0v) is 19.0. The van der Waals surface area contributed by atoms with Gasteiger partial charge < -0.3 is 19.1 Å². The molecule has 1 fully saturated rings. The summed E-state index contributed by atoms with van der Waals surface area (Å²) in [6.07, 6.45) is 0.811. The van der Waals surface area contributed by atoms with Crippen molar-refractivity contribution in [1.29, 1.82) is 0 Å². The van der Waals surface area contributed by atoms with E-state index in [9.17, 15) is 4.79 Å². The molecule has 1 amide bonds. The van der Waals surface area contributed by atoms with Gasteiger partial charge >= 0.3 is 0 Å². The summed E-state index contributed by atoms with van der Waals surface area (Å²) in [5.74, 6) is 2.51. The van der Waals surface area contributed by atoms with Crippen molar-refractivity contribution in [2.24, 2.45) is 0 Å². The molecule has 1 aromatic heterocycles. The first-order valence-electron chi connectivity index (χ1n) is 11.1. The Bertz CT molecular complexity index is 1040. The summed E-state index contributed by atoms with van der Waals surface area (Å²) in [6, 6.07) is 16.2. The third kappa shape index (κ3) is 4.93. The van der Waals surface area contributed by atoms with E-state index in [1.54, 1.807) is 7.11 Å². The second-order valence-corrected chi connectivity index (χ2v) is 8.33. The highest BCUT2D eigenvalue weighted by molar-refractivity contribution is 5.76. The van der Waals surface area contributed by atoms with E-state index < -0.39 is 0 Å². The van der Waals surface area contributed by atoms with Crippen molar-refractivity contribution >= 4 is 11.6 Å². The SMILES string of the molecule is COc1ccccc1N1CCN(C(=O)CCc2nc(-c3ccc(C(C)C)cc3)no2)CC1. The molecule has 0 saturated carbocycles. The smallest absolute Gasteiger partial charge is 0.227 e. The van der Waals surface area contributed by atoms with E-state index in [4.69, 9.17) is 9.26 Å². The lowest BCUT2D eigenvalue weighted by Gasteiger charge is -2.36. The number of para-hydroxylation sites is 2. The average Bonchev–Trinajstić information content (AvgIpc) is 3.32. The molecule has 4 rings (SSSR count). The third-order valence-corrected chi connectivity index (χ3v) is 5.91. The van der Waals surface area contributed by atoms with Gasteiger partial charge in [0.25, 0.3) is 0 Å². The molecule has 0 unspecified atom stereocenters. The lowest BCUT2D eigenvalue weighted by Crippen LogP contribution is -2.48. The van der Waals surface area contributed by atoms with Crippen LogP contribution in [0.1, 0.15) is 37.6 Å². The molecule has 0 N–H and O–H groups in total. The first-order valence-corrected chi connectivity index (χ1v) is 11.1. The molecule has 1 saturated heterocycles. The maximum Gasteiger partial charge on any atom is 0.227 e. The normalized spacial score (nSPS) is 14.1. The number of carbonyl (C=O) groups excluding carboxylic acids is 1. The number of amides is 1. The van der Waals surface area contributed by atoms with Gasteiger partial charge in [-0.15, -0.1) is 0 Å². The van der Waals surface area contributed by atoms with Crippen molar-refractivity contribution in [3.8, 4) is 17.1 Å².